The first-order valence-corrected chi connectivity index (χ1v) is 4.77. The average molecular weight is 186 g/mol. The molecule has 0 amide bonds. The third-order valence-electron chi connectivity index (χ3n) is 1.45. The second-order valence-electron chi connectivity index (χ2n) is 2.90. The van der Waals surface area contributed by atoms with Gasteiger partial charge in [0.25, 0.3) is 0 Å². The number of hydrogen-bond donors (Lipinski definition) is 0. The van der Waals surface area contributed by atoms with E-state index in [0.29, 0.717) is 0 Å². The second kappa shape index (κ2) is 5.90. The van der Waals surface area contributed by atoms with E-state index in [0.717, 1.165) is 11.3 Å². The van der Waals surface area contributed by atoms with Gasteiger partial charge < -0.3 is 0 Å². The van der Waals surface area contributed by atoms with Crippen LogP contribution in [0.1, 0.15) is 31.5 Å². The van der Waals surface area contributed by atoms with E-state index >= 15 is 0 Å². The molecule has 0 aliphatic carbocycles. The van der Waals surface area contributed by atoms with E-state index in [9.17, 15) is 0 Å². The van der Waals surface area contributed by atoms with Gasteiger partial charge in [0.05, 0.1) is 11.9 Å². The fourth-order valence-corrected chi connectivity index (χ4v) is 0.937. The number of pyridine rings is 1. The Morgan fingerprint density at radius 1 is 1.36 bits per heavy atom. The van der Waals surface area contributed by atoms with Crippen LogP contribution in [0.2, 0.25) is 0 Å². The third-order valence-corrected chi connectivity index (χ3v) is 1.45. The summed E-state index contributed by atoms with van der Waals surface area (Å²) in [6.45, 7) is 4.25. The van der Waals surface area contributed by atoms with Crippen LogP contribution in [0.4, 0.5) is 0 Å². The van der Waals surface area contributed by atoms with Crippen LogP contribution in [0.3, 0.4) is 0 Å². The second-order valence-corrected chi connectivity index (χ2v) is 2.90. The summed E-state index contributed by atoms with van der Waals surface area (Å²) in [5, 5.41) is 0. The summed E-state index contributed by atoms with van der Waals surface area (Å²) in [5.74, 6) is 0. The Labute approximate surface area is 84.7 Å². The first-order chi connectivity index (χ1) is 6.88. The van der Waals surface area contributed by atoms with Crippen molar-refractivity contribution >= 4 is 12.3 Å². The molecule has 0 unspecified atom stereocenters. The standard InChI is InChI=1S/C9H6N2.C3H8/c1-3-8-7-10-5-2-4-9(8)11-6-1;1-3-2/h1,3-7H;3H2,1-2H3. The van der Waals surface area contributed by atoms with Crippen molar-refractivity contribution in [3.8, 4) is 0 Å². The zero-order chi connectivity index (χ0) is 10.2. The van der Waals surface area contributed by atoms with Crippen molar-refractivity contribution in [1.29, 1.82) is 0 Å². The van der Waals surface area contributed by atoms with Crippen LogP contribution in [0.5, 0.6) is 0 Å². The molecule has 2 heterocycles. The van der Waals surface area contributed by atoms with E-state index in [-0.39, 0.29) is 0 Å². The van der Waals surface area contributed by atoms with Crippen molar-refractivity contribution in [3.05, 3.63) is 41.5 Å². The van der Waals surface area contributed by atoms with E-state index in [1.54, 1.807) is 18.6 Å². The van der Waals surface area contributed by atoms with Gasteiger partial charge in [-0.2, -0.15) is 0 Å². The predicted molar refractivity (Wildman–Crippen MR) is 60.3 cm³/mol. The Bertz CT molecular complexity index is 372. The Kier molecular flexibility index (Phi) is 4.39. The van der Waals surface area contributed by atoms with Gasteiger partial charge in [0.2, 0.25) is 0 Å². The first-order valence-electron chi connectivity index (χ1n) is 4.77. The van der Waals surface area contributed by atoms with E-state index in [4.69, 9.17) is 0 Å². The Morgan fingerprint density at radius 3 is 2.93 bits per heavy atom. The number of fused-ring (bicyclic) bond motifs is 1. The number of aliphatic imine (C=N–C) groups is 1. The van der Waals surface area contributed by atoms with Crippen molar-refractivity contribution in [1.82, 2.24) is 4.98 Å². The molecule has 2 nitrogen and oxygen atoms in total. The molecule has 2 rings (SSSR count). The molecule has 0 aromatic carbocycles. The van der Waals surface area contributed by atoms with Crippen LogP contribution in [-0.2, 0) is 0 Å². The molecule has 0 atom stereocenters. The van der Waals surface area contributed by atoms with Crippen molar-refractivity contribution in [2.75, 3.05) is 0 Å². The number of hydrogen-bond acceptors (Lipinski definition) is 2. The molecule has 0 saturated carbocycles. The van der Waals surface area contributed by atoms with Gasteiger partial charge in [-0.1, -0.05) is 26.0 Å². The van der Waals surface area contributed by atoms with Crippen molar-refractivity contribution in [2.45, 2.75) is 20.3 Å². The largest absolute Gasteiger partial charge is 0.256 e. The van der Waals surface area contributed by atoms with Crippen molar-refractivity contribution in [3.63, 3.8) is 0 Å². The minimum absolute atomic E-state index is 0.921. The molecular weight excluding hydrogens is 172 g/mol. The Balaban J connectivity index is 0.000000293. The molecular formula is C12H14N2. The first kappa shape index (κ1) is 10.4. The van der Waals surface area contributed by atoms with Gasteiger partial charge in [-0.05, 0) is 12.1 Å². The number of nitrogens with zero attached hydrogens (tertiary/aromatic N) is 2. The van der Waals surface area contributed by atoms with Crippen LogP contribution >= 0.6 is 0 Å². The summed E-state index contributed by atoms with van der Waals surface area (Å²) in [6.07, 6.45) is 8.24. The summed E-state index contributed by atoms with van der Waals surface area (Å²) < 4.78 is 0. The van der Waals surface area contributed by atoms with Gasteiger partial charge in [0.15, 0.2) is 0 Å². The lowest BCUT2D eigenvalue weighted by molar-refractivity contribution is 1.09. The summed E-state index contributed by atoms with van der Waals surface area (Å²) in [6, 6.07) is 3.87. The minimum Gasteiger partial charge on any atom is -0.256 e. The maximum Gasteiger partial charge on any atom is 0.0794 e. The number of aromatic nitrogens is 1. The quantitative estimate of drug-likeness (QED) is 0.572. The smallest absolute Gasteiger partial charge is 0.0794 e. The molecule has 14 heavy (non-hydrogen) atoms. The molecule has 0 bridgehead atoms. The third kappa shape index (κ3) is 3.00. The van der Waals surface area contributed by atoms with Gasteiger partial charge in [-0.25, -0.2) is 0 Å². The fourth-order valence-electron chi connectivity index (χ4n) is 0.937. The SMILES string of the molecule is C1=CN=Cc2cccnc2C=1.CCC. The van der Waals surface area contributed by atoms with E-state index in [1.165, 1.54) is 6.42 Å². The lowest BCUT2D eigenvalue weighted by Crippen LogP contribution is -1.87. The van der Waals surface area contributed by atoms with Crippen molar-refractivity contribution < 1.29 is 0 Å². The molecule has 2 heteroatoms. The van der Waals surface area contributed by atoms with Gasteiger partial charge in [0.1, 0.15) is 0 Å². The van der Waals surface area contributed by atoms with Gasteiger partial charge in [-0.15, -0.1) is 0 Å². The van der Waals surface area contributed by atoms with Crippen molar-refractivity contribution in [2.24, 2.45) is 4.99 Å². The molecule has 0 fully saturated rings. The van der Waals surface area contributed by atoms with E-state index in [2.05, 4.69) is 29.6 Å². The average Bonchev–Trinajstić information content (AvgIpc) is 2.43. The Hall–Kier alpha value is -1.66. The molecule has 0 saturated heterocycles. The molecule has 1 aromatic rings. The molecule has 72 valence electrons. The van der Waals surface area contributed by atoms with Crippen LogP contribution < -0.4 is 0 Å². The minimum atomic E-state index is 0.921. The molecule has 0 radical (unpaired) electrons. The monoisotopic (exact) mass is 186 g/mol. The van der Waals surface area contributed by atoms with Gasteiger partial charge in [-0.3, -0.25) is 9.98 Å². The lowest BCUT2D eigenvalue weighted by atomic mass is 10.2. The maximum atomic E-state index is 4.15. The van der Waals surface area contributed by atoms with Crippen LogP contribution in [0, 0.1) is 0 Å². The summed E-state index contributed by atoms with van der Waals surface area (Å²) in [4.78, 5) is 8.13. The highest BCUT2D eigenvalue weighted by Crippen LogP contribution is 2.05. The zero-order valence-electron chi connectivity index (χ0n) is 8.57. The summed E-state index contributed by atoms with van der Waals surface area (Å²) in [5.41, 5.74) is 4.85. The molecule has 0 spiro atoms. The number of rotatable bonds is 0. The molecule has 1 aliphatic heterocycles. The van der Waals surface area contributed by atoms with Gasteiger partial charge in [0, 0.05) is 24.1 Å². The van der Waals surface area contributed by atoms with Crippen LogP contribution in [0.15, 0.2) is 35.3 Å². The summed E-state index contributed by atoms with van der Waals surface area (Å²) >= 11 is 0. The highest BCUT2D eigenvalue weighted by molar-refractivity contribution is 5.85. The molecule has 1 aliphatic rings. The summed E-state index contributed by atoms with van der Waals surface area (Å²) in [7, 11) is 0. The lowest BCUT2D eigenvalue weighted by Gasteiger charge is -1.93. The van der Waals surface area contributed by atoms with Crippen LogP contribution in [0.25, 0.3) is 6.08 Å². The molecule has 1 aromatic heterocycles. The molecule has 0 N–H and O–H groups in total. The highest BCUT2D eigenvalue weighted by atomic mass is 14.7. The Morgan fingerprint density at radius 2 is 2.14 bits per heavy atom. The zero-order valence-corrected chi connectivity index (χ0v) is 8.57. The maximum absolute atomic E-state index is 4.15. The predicted octanol–water partition coefficient (Wildman–Crippen LogP) is 3.06. The van der Waals surface area contributed by atoms with E-state index < -0.39 is 0 Å². The van der Waals surface area contributed by atoms with Crippen LogP contribution in [-0.4, -0.2) is 11.2 Å². The van der Waals surface area contributed by atoms with Gasteiger partial charge >= 0.3 is 0 Å². The normalized spacial score (nSPS) is 11.3. The van der Waals surface area contributed by atoms with E-state index in [1.807, 2.05) is 18.2 Å². The highest BCUT2D eigenvalue weighted by Gasteiger charge is 1.96. The fraction of sp³-hybridized carbons (Fsp3) is 0.250. The topological polar surface area (TPSA) is 25.2 Å².